The Labute approximate surface area is 156 Å². The summed E-state index contributed by atoms with van der Waals surface area (Å²) < 4.78 is 50.3. The van der Waals surface area contributed by atoms with Gasteiger partial charge in [0.15, 0.2) is 0 Å². The zero-order valence-electron chi connectivity index (χ0n) is 15.8. The average molecular weight is 383 g/mol. The lowest BCUT2D eigenvalue weighted by atomic mass is 10.2. The van der Waals surface area contributed by atoms with Gasteiger partial charge in [0.25, 0.3) is 0 Å². The molecule has 0 spiro atoms. The average Bonchev–Trinajstić information content (AvgIpc) is 2.60. The van der Waals surface area contributed by atoms with Crippen LogP contribution in [0.3, 0.4) is 0 Å². The van der Waals surface area contributed by atoms with Crippen molar-refractivity contribution in [3.05, 3.63) is 36.0 Å². The van der Waals surface area contributed by atoms with Gasteiger partial charge in [-0.15, -0.1) is 0 Å². The summed E-state index contributed by atoms with van der Waals surface area (Å²) in [4.78, 5) is 7.65. The number of hydrogen-bond acceptors (Lipinski definition) is 5. The van der Waals surface area contributed by atoms with E-state index in [1.54, 1.807) is 24.3 Å². The first-order valence-corrected chi connectivity index (χ1v) is 8.79. The lowest BCUT2D eigenvalue weighted by Crippen LogP contribution is -2.14. The Kier molecular flexibility index (Phi) is 6.87. The largest absolute Gasteiger partial charge is 0.491 e. The maximum atomic E-state index is 13.1. The Morgan fingerprint density at radius 1 is 1.11 bits per heavy atom. The number of nitrogens with one attached hydrogen (secondary N) is 1. The van der Waals surface area contributed by atoms with Gasteiger partial charge in [0.05, 0.1) is 12.7 Å². The molecule has 1 unspecified atom stereocenters. The Balaban J connectivity index is 2.17. The molecule has 0 saturated heterocycles. The second kappa shape index (κ2) is 8.92. The van der Waals surface area contributed by atoms with E-state index in [1.165, 1.54) is 0 Å². The van der Waals surface area contributed by atoms with Gasteiger partial charge in [-0.1, -0.05) is 20.8 Å². The van der Waals surface area contributed by atoms with Crippen molar-refractivity contribution in [1.29, 1.82) is 0 Å². The molecule has 0 bridgehead atoms. The first-order valence-electron chi connectivity index (χ1n) is 8.79. The molecule has 0 aliphatic heterocycles. The summed E-state index contributed by atoms with van der Waals surface area (Å²) in [5, 5.41) is 2.88. The number of ether oxygens (including phenoxy) is 2. The van der Waals surface area contributed by atoms with Crippen molar-refractivity contribution in [2.24, 2.45) is 5.92 Å². The van der Waals surface area contributed by atoms with Crippen LogP contribution in [-0.4, -0.2) is 22.7 Å². The second-order valence-electron chi connectivity index (χ2n) is 6.60. The number of hydrogen-bond donors (Lipinski definition) is 1. The number of halogens is 3. The summed E-state index contributed by atoms with van der Waals surface area (Å²) in [5.41, 5.74) is -0.368. The lowest BCUT2D eigenvalue weighted by Gasteiger charge is -2.15. The molecular weight excluding hydrogens is 359 g/mol. The molecule has 2 aromatic rings. The smallest absolute Gasteiger partial charge is 0.423 e. The highest BCUT2D eigenvalue weighted by atomic mass is 19.4. The molecular formula is C19H24F3N3O2. The summed E-state index contributed by atoms with van der Waals surface area (Å²) in [5.74, 6) is 0.322. The predicted octanol–water partition coefficient (Wildman–Crippen LogP) is 5.45. The summed E-state index contributed by atoms with van der Waals surface area (Å²) in [7, 11) is 0. The van der Waals surface area contributed by atoms with Crippen LogP contribution in [0.5, 0.6) is 11.6 Å². The monoisotopic (exact) mass is 383 g/mol. The molecule has 1 aromatic carbocycles. The topological polar surface area (TPSA) is 56.3 Å². The zero-order chi connectivity index (χ0) is 20.0. The summed E-state index contributed by atoms with van der Waals surface area (Å²) in [6.07, 6.45) is -2.87. The number of benzene rings is 1. The van der Waals surface area contributed by atoms with Crippen molar-refractivity contribution >= 4 is 11.6 Å². The first-order chi connectivity index (χ1) is 12.7. The molecule has 1 heterocycles. The van der Waals surface area contributed by atoms with Crippen LogP contribution in [0.25, 0.3) is 0 Å². The third-order valence-electron chi connectivity index (χ3n) is 3.64. The molecule has 8 heteroatoms. The van der Waals surface area contributed by atoms with Crippen LogP contribution in [0.1, 0.15) is 39.7 Å². The lowest BCUT2D eigenvalue weighted by molar-refractivity contribution is -0.139. The van der Waals surface area contributed by atoms with E-state index in [4.69, 9.17) is 9.47 Å². The molecule has 2 rings (SSSR count). The number of aromatic nitrogens is 2. The maximum absolute atomic E-state index is 13.1. The van der Waals surface area contributed by atoms with E-state index in [1.807, 2.05) is 27.7 Å². The van der Waals surface area contributed by atoms with E-state index in [0.717, 1.165) is 12.6 Å². The predicted molar refractivity (Wildman–Crippen MR) is 97.5 cm³/mol. The third kappa shape index (κ3) is 6.30. The van der Waals surface area contributed by atoms with E-state index >= 15 is 0 Å². The zero-order valence-corrected chi connectivity index (χ0v) is 15.8. The second-order valence-corrected chi connectivity index (χ2v) is 6.60. The van der Waals surface area contributed by atoms with Crippen LogP contribution in [0.2, 0.25) is 0 Å². The van der Waals surface area contributed by atoms with Crippen LogP contribution in [0.15, 0.2) is 30.5 Å². The molecule has 5 nitrogen and oxygen atoms in total. The molecule has 0 fully saturated rings. The summed E-state index contributed by atoms with van der Waals surface area (Å²) in [6, 6.07) is 7.03. The van der Waals surface area contributed by atoms with Crippen LogP contribution in [0, 0.1) is 5.92 Å². The molecule has 148 valence electrons. The van der Waals surface area contributed by atoms with Gasteiger partial charge in [-0.05, 0) is 43.5 Å². The normalized spacial score (nSPS) is 12.7. The van der Waals surface area contributed by atoms with Gasteiger partial charge in [0.2, 0.25) is 11.8 Å². The molecule has 1 atom stereocenters. The standard InChI is InChI=1S/C19H24F3N3O2/c1-5-13(4)27-15-8-6-14(7-9-15)24-18-23-10-16(19(20,21)22)17(25-18)26-11-12(2)3/h6-10,12-13H,5,11H2,1-4H3,(H,23,24,25). The molecule has 1 aromatic heterocycles. The maximum Gasteiger partial charge on any atom is 0.423 e. The fourth-order valence-electron chi connectivity index (χ4n) is 2.04. The molecule has 0 saturated carbocycles. The van der Waals surface area contributed by atoms with Gasteiger partial charge in [-0.3, -0.25) is 0 Å². The highest BCUT2D eigenvalue weighted by Gasteiger charge is 2.36. The molecule has 27 heavy (non-hydrogen) atoms. The van der Waals surface area contributed by atoms with Crippen LogP contribution < -0.4 is 14.8 Å². The van der Waals surface area contributed by atoms with Crippen molar-refractivity contribution in [3.63, 3.8) is 0 Å². The van der Waals surface area contributed by atoms with Gasteiger partial charge in [-0.25, -0.2) is 4.98 Å². The molecule has 0 aliphatic rings. The van der Waals surface area contributed by atoms with Gasteiger partial charge >= 0.3 is 6.18 Å². The quantitative estimate of drug-likeness (QED) is 0.657. The first kappa shape index (κ1) is 20.8. The molecule has 0 amide bonds. The third-order valence-corrected chi connectivity index (χ3v) is 3.64. The fourth-order valence-corrected chi connectivity index (χ4v) is 2.04. The van der Waals surface area contributed by atoms with Crippen molar-refractivity contribution in [3.8, 4) is 11.6 Å². The Morgan fingerprint density at radius 2 is 1.78 bits per heavy atom. The van der Waals surface area contributed by atoms with Gasteiger partial charge in [0, 0.05) is 11.9 Å². The van der Waals surface area contributed by atoms with Gasteiger partial charge in [-0.2, -0.15) is 18.2 Å². The number of nitrogens with zero attached hydrogens (tertiary/aromatic N) is 2. The Hall–Kier alpha value is -2.51. The molecule has 0 radical (unpaired) electrons. The van der Waals surface area contributed by atoms with Crippen LogP contribution in [0.4, 0.5) is 24.8 Å². The Morgan fingerprint density at radius 3 is 2.33 bits per heavy atom. The number of anilines is 2. The minimum Gasteiger partial charge on any atom is -0.491 e. The molecule has 1 N–H and O–H groups in total. The van der Waals surface area contributed by atoms with Crippen molar-refractivity contribution in [2.75, 3.05) is 11.9 Å². The van der Waals surface area contributed by atoms with E-state index < -0.39 is 17.6 Å². The highest BCUT2D eigenvalue weighted by molar-refractivity contribution is 5.55. The van der Waals surface area contributed by atoms with Gasteiger partial charge in [0.1, 0.15) is 11.3 Å². The number of rotatable bonds is 8. The Bertz CT molecular complexity index is 734. The van der Waals surface area contributed by atoms with Crippen molar-refractivity contribution in [2.45, 2.75) is 46.4 Å². The summed E-state index contributed by atoms with van der Waals surface area (Å²) in [6.45, 7) is 7.82. The van der Waals surface area contributed by atoms with Gasteiger partial charge < -0.3 is 14.8 Å². The van der Waals surface area contributed by atoms with E-state index in [-0.39, 0.29) is 24.6 Å². The van der Waals surface area contributed by atoms with E-state index in [0.29, 0.717) is 11.4 Å². The van der Waals surface area contributed by atoms with E-state index in [9.17, 15) is 13.2 Å². The molecule has 0 aliphatic carbocycles. The fraction of sp³-hybridized carbons (Fsp3) is 0.474. The van der Waals surface area contributed by atoms with Crippen molar-refractivity contribution < 1.29 is 22.6 Å². The van der Waals surface area contributed by atoms with Crippen LogP contribution in [-0.2, 0) is 6.18 Å². The van der Waals surface area contributed by atoms with Crippen molar-refractivity contribution in [1.82, 2.24) is 9.97 Å². The minimum absolute atomic E-state index is 0.0253. The minimum atomic E-state index is -4.58. The number of alkyl halides is 3. The highest BCUT2D eigenvalue weighted by Crippen LogP contribution is 2.35. The van der Waals surface area contributed by atoms with E-state index in [2.05, 4.69) is 15.3 Å². The van der Waals surface area contributed by atoms with Crippen LogP contribution >= 0.6 is 0 Å². The summed E-state index contributed by atoms with van der Waals surface area (Å²) >= 11 is 0. The SMILES string of the molecule is CCC(C)Oc1ccc(Nc2ncc(C(F)(F)F)c(OCC(C)C)n2)cc1.